The average Bonchev–Trinajstić information content (AvgIpc) is 2.63. The molecule has 0 amide bonds. The number of alkyl halides is 1. The monoisotopic (exact) mass is 440 g/mol. The zero-order chi connectivity index (χ0) is 27.1. The van der Waals surface area contributed by atoms with E-state index in [1.807, 2.05) is 50.0 Å². The summed E-state index contributed by atoms with van der Waals surface area (Å²) in [5.41, 5.74) is 6.04. The Kier molecular flexibility index (Phi) is 7.18. The summed E-state index contributed by atoms with van der Waals surface area (Å²) in [4.78, 5) is -1.41. The molecule has 0 bridgehead atoms. The van der Waals surface area contributed by atoms with Crippen LogP contribution in [0.25, 0.3) is 0 Å². The first-order valence-corrected chi connectivity index (χ1v) is 16.8. The summed E-state index contributed by atoms with van der Waals surface area (Å²) in [5, 5.41) is 0. The Morgan fingerprint density at radius 1 is 0.929 bits per heavy atom. The van der Waals surface area contributed by atoms with Crippen molar-refractivity contribution in [1.29, 1.82) is 0 Å². The van der Waals surface area contributed by atoms with Gasteiger partial charge in [-0.2, -0.15) is 0 Å². The predicted octanol–water partition coefficient (Wildman–Crippen LogP) is 6.99. The van der Waals surface area contributed by atoms with Gasteiger partial charge in [-0.25, -0.2) is 0 Å². The van der Waals surface area contributed by atoms with E-state index in [1.165, 1.54) is 6.92 Å². The van der Waals surface area contributed by atoms with E-state index in [1.54, 1.807) is 6.92 Å². The number of hydrogen-bond acceptors (Lipinski definition) is 1. The molecule has 1 rings (SSSR count). The lowest BCUT2D eigenvalue weighted by Gasteiger charge is -2.18. The summed E-state index contributed by atoms with van der Waals surface area (Å²) in [7, 11) is -3.16. The maximum Gasteiger partial charge on any atom is 0.129 e. The third-order valence-electron chi connectivity index (χ3n) is 2.89. The number of benzene rings is 1. The van der Waals surface area contributed by atoms with Crippen LogP contribution in [-0.2, 0) is 11.3 Å². The van der Waals surface area contributed by atoms with Crippen molar-refractivity contribution < 1.29 is 13.0 Å². The predicted molar refractivity (Wildman–Crippen MR) is 132 cm³/mol. The zero-order valence-corrected chi connectivity index (χ0v) is 21.3. The summed E-state index contributed by atoms with van der Waals surface area (Å²) < 4.78 is 50.3. The number of ether oxygens (including phenoxy) is 1. The van der Waals surface area contributed by atoms with E-state index in [4.69, 9.17) is 24.6 Å². The molecule has 0 aliphatic rings. The SMILES string of the molecule is [2H]C([2H])([2H])C(C)(C#C[Si](C)(C)C)COCc1ccccc1.[2H]C([2H])([2H])C(C)(Cl)C#C[Si](C)(C)C. The van der Waals surface area contributed by atoms with Crippen molar-refractivity contribution in [2.45, 2.75) is 78.3 Å². The van der Waals surface area contributed by atoms with Crippen LogP contribution in [0.15, 0.2) is 30.3 Å². The van der Waals surface area contributed by atoms with Crippen LogP contribution in [0.3, 0.4) is 0 Å². The molecule has 0 fully saturated rings. The van der Waals surface area contributed by atoms with Gasteiger partial charge in [0.05, 0.1) is 18.1 Å². The Balaban J connectivity index is 0.000000722. The third-order valence-corrected chi connectivity index (χ3v) is 4.73. The fourth-order valence-electron chi connectivity index (χ4n) is 1.61. The highest BCUT2D eigenvalue weighted by Gasteiger charge is 2.16. The van der Waals surface area contributed by atoms with Gasteiger partial charge in [-0.05, 0) is 33.1 Å². The molecule has 1 aromatic rings. The van der Waals surface area contributed by atoms with Crippen molar-refractivity contribution in [2.24, 2.45) is 5.41 Å². The van der Waals surface area contributed by atoms with Crippen LogP contribution in [0.4, 0.5) is 0 Å². The van der Waals surface area contributed by atoms with Crippen molar-refractivity contribution >= 4 is 27.7 Å². The highest BCUT2D eigenvalue weighted by atomic mass is 35.5. The molecule has 0 spiro atoms. The van der Waals surface area contributed by atoms with E-state index in [9.17, 15) is 0 Å². The van der Waals surface area contributed by atoms with Gasteiger partial charge in [-0.15, -0.1) is 28.6 Å². The van der Waals surface area contributed by atoms with Crippen LogP contribution in [0, 0.1) is 28.3 Å². The van der Waals surface area contributed by atoms with Gasteiger partial charge in [0, 0.05) is 13.6 Å². The first kappa shape index (κ1) is 17.8. The van der Waals surface area contributed by atoms with E-state index in [2.05, 4.69) is 42.6 Å². The molecule has 0 aromatic heterocycles. The molecule has 0 heterocycles. The van der Waals surface area contributed by atoms with E-state index in [-0.39, 0.29) is 6.61 Å². The zero-order valence-electron chi connectivity index (χ0n) is 24.6. The molecule has 1 aromatic carbocycles. The lowest BCUT2D eigenvalue weighted by Crippen LogP contribution is -2.21. The Hall–Kier alpha value is -0.976. The Labute approximate surface area is 190 Å². The number of halogens is 1. The second kappa shape index (κ2) is 11.3. The van der Waals surface area contributed by atoms with E-state index >= 15 is 0 Å². The fraction of sp³-hybridized carbons (Fsp3) is 0.583. The van der Waals surface area contributed by atoms with Crippen LogP contribution >= 0.6 is 11.6 Å². The minimum atomic E-state index is -2.22. The fourth-order valence-corrected chi connectivity index (χ4v) is 3.02. The van der Waals surface area contributed by atoms with Crippen LogP contribution in [0.1, 0.15) is 41.3 Å². The highest BCUT2D eigenvalue weighted by molar-refractivity contribution is 6.84. The molecule has 0 aliphatic carbocycles. The molecule has 0 radical (unpaired) electrons. The molecule has 4 heteroatoms. The molecule has 156 valence electrons. The van der Waals surface area contributed by atoms with Gasteiger partial charge in [-0.1, -0.05) is 75.5 Å². The summed E-state index contributed by atoms with van der Waals surface area (Å²) in [6, 6.07) is 9.73. The van der Waals surface area contributed by atoms with Crippen LogP contribution in [-0.4, -0.2) is 27.6 Å². The second-order valence-electron chi connectivity index (χ2n) is 9.31. The van der Waals surface area contributed by atoms with E-state index in [0.717, 1.165) is 5.56 Å². The maximum atomic E-state index is 7.74. The maximum absolute atomic E-state index is 7.74. The molecule has 28 heavy (non-hydrogen) atoms. The second-order valence-corrected chi connectivity index (χ2v) is 19.6. The molecule has 0 N–H and O–H groups in total. The van der Waals surface area contributed by atoms with Gasteiger partial charge in [0.15, 0.2) is 0 Å². The van der Waals surface area contributed by atoms with Crippen LogP contribution in [0.2, 0.25) is 39.3 Å². The molecule has 0 aliphatic heterocycles. The van der Waals surface area contributed by atoms with E-state index < -0.39 is 40.1 Å². The lowest BCUT2D eigenvalue weighted by atomic mass is 9.96. The van der Waals surface area contributed by atoms with Gasteiger partial charge in [-0.3, -0.25) is 0 Å². The van der Waals surface area contributed by atoms with Gasteiger partial charge < -0.3 is 4.74 Å². The van der Waals surface area contributed by atoms with Gasteiger partial charge in [0.25, 0.3) is 0 Å². The Bertz CT molecular complexity index is 892. The quantitative estimate of drug-likeness (QED) is 0.278. The first-order valence-electron chi connectivity index (χ1n) is 12.4. The van der Waals surface area contributed by atoms with Crippen LogP contribution < -0.4 is 0 Å². The Morgan fingerprint density at radius 2 is 1.46 bits per heavy atom. The lowest BCUT2D eigenvalue weighted by molar-refractivity contribution is 0.0753. The van der Waals surface area contributed by atoms with Gasteiger partial charge >= 0.3 is 0 Å². The van der Waals surface area contributed by atoms with Crippen molar-refractivity contribution in [1.82, 2.24) is 0 Å². The number of hydrogen-bond donors (Lipinski definition) is 0. The van der Waals surface area contributed by atoms with Crippen LogP contribution in [0.5, 0.6) is 0 Å². The van der Waals surface area contributed by atoms with Crippen molar-refractivity contribution in [2.75, 3.05) is 6.61 Å². The standard InChI is InChI=1S/C16H24OSi.C8H15ClSi/c1-16(2,11-12-18(3,4)5)14-17-13-15-9-7-6-8-10-15;1-8(2,9)6-7-10(3,4)5/h6-10H,13-14H2,1-5H3;1-5H3/i2*1D3. The molecule has 0 saturated heterocycles. The first-order chi connectivity index (χ1) is 15.0. The van der Waals surface area contributed by atoms with Crippen molar-refractivity contribution in [3.05, 3.63) is 35.9 Å². The summed E-state index contributed by atoms with van der Waals surface area (Å²) >= 11 is 5.80. The molecular weight excluding hydrogens is 396 g/mol. The molecule has 2 atom stereocenters. The summed E-state index contributed by atoms with van der Waals surface area (Å²) in [6.07, 6.45) is 0. The van der Waals surface area contributed by atoms with Crippen molar-refractivity contribution in [3.63, 3.8) is 0 Å². The number of rotatable bonds is 4. The average molecular weight is 441 g/mol. The normalized spacial score (nSPS) is 19.5. The van der Waals surface area contributed by atoms with Gasteiger partial charge in [0.2, 0.25) is 0 Å². The minimum Gasteiger partial charge on any atom is -0.375 e. The molecule has 0 saturated carbocycles. The van der Waals surface area contributed by atoms with Crippen molar-refractivity contribution in [3.8, 4) is 22.9 Å². The molecule has 2 unspecified atom stereocenters. The minimum absolute atomic E-state index is 0.107. The molecular formula is C24H39ClOSi2. The summed E-state index contributed by atoms with van der Waals surface area (Å²) in [5.74, 6) is 5.64. The highest BCUT2D eigenvalue weighted by Crippen LogP contribution is 2.16. The smallest absolute Gasteiger partial charge is 0.129 e. The third kappa shape index (κ3) is 18.4. The van der Waals surface area contributed by atoms with E-state index in [0.29, 0.717) is 6.61 Å². The summed E-state index contributed by atoms with van der Waals surface area (Å²) in [6.45, 7) is 11.7. The van der Waals surface area contributed by atoms with Gasteiger partial charge in [0.1, 0.15) is 16.1 Å². The topological polar surface area (TPSA) is 9.23 Å². The molecule has 1 nitrogen and oxygen atoms in total. The Morgan fingerprint density at radius 3 is 1.93 bits per heavy atom. The largest absolute Gasteiger partial charge is 0.375 e.